The second kappa shape index (κ2) is 7.22. The average molecular weight is 399 g/mol. The summed E-state index contributed by atoms with van der Waals surface area (Å²) < 4.78 is 47.8. The van der Waals surface area contributed by atoms with Crippen LogP contribution in [0.15, 0.2) is 48.0 Å². The van der Waals surface area contributed by atoms with Crippen LogP contribution in [0.2, 0.25) is 0 Å². The van der Waals surface area contributed by atoms with Crippen molar-refractivity contribution in [3.8, 4) is 0 Å². The van der Waals surface area contributed by atoms with Crippen LogP contribution < -0.4 is 9.44 Å². The molecule has 2 heterocycles. The number of likely N-dealkylation sites (N-methyl/N-ethyl adjacent to an activating group) is 1. The molecular weight excluding hydrogens is 376 g/mol. The number of hydrogen-bond donors (Lipinski definition) is 1. The minimum Gasteiger partial charge on any atom is -0.353 e. The number of nitrogens with zero attached hydrogens (tertiary/aromatic N) is 3. The van der Waals surface area contributed by atoms with Crippen molar-refractivity contribution in [3.63, 3.8) is 0 Å². The molecule has 1 aliphatic heterocycles. The van der Waals surface area contributed by atoms with E-state index in [9.17, 15) is 16.8 Å². The molecule has 0 aromatic carbocycles. The van der Waals surface area contributed by atoms with Crippen LogP contribution in [0.25, 0.3) is 5.57 Å². The summed E-state index contributed by atoms with van der Waals surface area (Å²) in [5.74, 6) is -0.185. The molecule has 0 amide bonds. The molecule has 1 aromatic heterocycles. The zero-order chi connectivity index (χ0) is 19.7. The first-order chi connectivity index (χ1) is 12.0. The largest absolute Gasteiger partial charge is 0.353 e. The monoisotopic (exact) mass is 398 g/mol. The van der Waals surface area contributed by atoms with E-state index in [0.717, 1.165) is 29.4 Å². The third-order valence-electron chi connectivity index (χ3n) is 3.78. The molecule has 10 heteroatoms. The van der Waals surface area contributed by atoms with Crippen LogP contribution in [0.5, 0.6) is 0 Å². The van der Waals surface area contributed by atoms with Crippen LogP contribution in [0.3, 0.4) is 0 Å². The van der Waals surface area contributed by atoms with Gasteiger partial charge in [-0.05, 0) is 30.7 Å². The maximum atomic E-state index is 11.9. The van der Waals surface area contributed by atoms with E-state index in [-0.39, 0.29) is 5.82 Å². The van der Waals surface area contributed by atoms with E-state index in [1.54, 1.807) is 6.07 Å². The second-order valence-corrected chi connectivity index (χ2v) is 9.85. The van der Waals surface area contributed by atoms with E-state index in [1.807, 2.05) is 37.2 Å². The quantitative estimate of drug-likeness (QED) is 0.783. The number of allylic oxidation sites excluding steroid dienone is 4. The van der Waals surface area contributed by atoms with Gasteiger partial charge in [0.15, 0.2) is 5.82 Å². The van der Waals surface area contributed by atoms with Crippen molar-refractivity contribution < 1.29 is 16.8 Å². The lowest BCUT2D eigenvalue weighted by Gasteiger charge is -2.22. The molecule has 0 atom stereocenters. The van der Waals surface area contributed by atoms with Crippen molar-refractivity contribution in [2.45, 2.75) is 6.92 Å². The third kappa shape index (κ3) is 4.14. The molecule has 0 unspecified atom stereocenters. The number of hydrogen-bond acceptors (Lipinski definition) is 7. The first kappa shape index (κ1) is 20.1. The van der Waals surface area contributed by atoms with Crippen molar-refractivity contribution in [1.82, 2.24) is 9.88 Å². The highest BCUT2D eigenvalue weighted by atomic mass is 32.3. The Morgan fingerprint density at radius 1 is 1.15 bits per heavy atom. The molecule has 2 rings (SSSR count). The zero-order valence-corrected chi connectivity index (χ0v) is 16.7. The molecule has 0 aliphatic carbocycles. The Labute approximate surface area is 154 Å². The fourth-order valence-corrected chi connectivity index (χ4v) is 5.62. The van der Waals surface area contributed by atoms with Crippen LogP contribution in [0.1, 0.15) is 12.5 Å². The van der Waals surface area contributed by atoms with Crippen molar-refractivity contribution in [3.05, 3.63) is 53.5 Å². The van der Waals surface area contributed by atoms with Crippen LogP contribution >= 0.6 is 0 Å². The summed E-state index contributed by atoms with van der Waals surface area (Å²) in [6.45, 7) is 2.23. The smallest absolute Gasteiger partial charge is 0.246 e. The van der Waals surface area contributed by atoms with Crippen molar-refractivity contribution in [1.29, 1.82) is 0 Å². The SMILES string of the molecule is CC1=CC=CN(C)C(CN)=C1c1ccc(N(S(C)(=O)=O)S(C)(=O)=O)nc1. The highest BCUT2D eigenvalue weighted by molar-refractivity contribution is 8.09. The van der Waals surface area contributed by atoms with Gasteiger partial charge < -0.3 is 10.6 Å². The predicted octanol–water partition coefficient (Wildman–Crippen LogP) is 0.882. The Morgan fingerprint density at radius 3 is 2.23 bits per heavy atom. The topological polar surface area (TPSA) is 114 Å². The minimum atomic E-state index is -4.03. The van der Waals surface area contributed by atoms with Gasteiger partial charge in [0.1, 0.15) is 0 Å². The standard InChI is InChI=1S/C16H22N4O4S2/c1-12-6-5-9-19(2)14(10-17)16(12)13-7-8-15(18-11-13)20(25(3,21)22)26(4,23)24/h5-9,11H,10,17H2,1-4H3. The molecule has 0 saturated heterocycles. The van der Waals surface area contributed by atoms with Crippen molar-refractivity contribution >= 4 is 31.4 Å². The van der Waals surface area contributed by atoms with Crippen LogP contribution in [0, 0.1) is 0 Å². The van der Waals surface area contributed by atoms with Gasteiger partial charge in [-0.25, -0.2) is 21.8 Å². The van der Waals surface area contributed by atoms with Gasteiger partial charge in [0.05, 0.1) is 12.5 Å². The normalized spacial score (nSPS) is 15.7. The Morgan fingerprint density at radius 2 is 1.77 bits per heavy atom. The van der Waals surface area contributed by atoms with Crippen molar-refractivity contribution in [2.75, 3.05) is 29.8 Å². The molecular formula is C16H22N4O4S2. The number of sulfonamides is 2. The average Bonchev–Trinajstić information content (AvgIpc) is 2.63. The molecule has 2 N–H and O–H groups in total. The lowest BCUT2D eigenvalue weighted by Crippen LogP contribution is -2.35. The molecule has 0 bridgehead atoms. The Balaban J connectivity index is 2.59. The lowest BCUT2D eigenvalue weighted by molar-refractivity contribution is 0.560. The number of rotatable bonds is 5. The van der Waals surface area contributed by atoms with Crippen LogP contribution in [-0.4, -0.2) is 52.8 Å². The Kier molecular flexibility index (Phi) is 5.59. The summed E-state index contributed by atoms with van der Waals surface area (Å²) in [4.78, 5) is 5.97. The van der Waals surface area contributed by atoms with Gasteiger partial charge in [-0.2, -0.15) is 0 Å². The fourth-order valence-electron chi connectivity index (χ4n) is 2.76. The molecule has 0 fully saturated rings. The zero-order valence-electron chi connectivity index (χ0n) is 15.0. The minimum absolute atomic E-state index is 0.185. The van der Waals surface area contributed by atoms with Gasteiger partial charge in [0.2, 0.25) is 20.0 Å². The molecule has 26 heavy (non-hydrogen) atoms. The summed E-state index contributed by atoms with van der Waals surface area (Å²) >= 11 is 0. The van der Waals surface area contributed by atoms with Crippen LogP contribution in [0.4, 0.5) is 5.82 Å². The first-order valence-electron chi connectivity index (χ1n) is 7.65. The van der Waals surface area contributed by atoms with Gasteiger partial charge in [0, 0.05) is 42.8 Å². The number of pyridine rings is 1. The van der Waals surface area contributed by atoms with E-state index in [1.165, 1.54) is 12.3 Å². The Bertz CT molecular complexity index is 959. The summed E-state index contributed by atoms with van der Waals surface area (Å²) in [6, 6.07) is 3.00. The maximum absolute atomic E-state index is 11.9. The fraction of sp³-hybridized carbons (Fsp3) is 0.312. The maximum Gasteiger partial charge on any atom is 0.246 e. The summed E-state index contributed by atoms with van der Waals surface area (Å²) in [6.07, 6.45) is 8.79. The third-order valence-corrected chi connectivity index (χ3v) is 6.99. The molecule has 1 aliphatic rings. The molecule has 142 valence electrons. The predicted molar refractivity (Wildman–Crippen MR) is 103 cm³/mol. The number of nitrogens with two attached hydrogens (primary N) is 1. The van der Waals surface area contributed by atoms with E-state index < -0.39 is 20.0 Å². The summed E-state index contributed by atoms with van der Waals surface area (Å²) in [5, 5.41) is 0. The molecule has 8 nitrogen and oxygen atoms in total. The second-order valence-electron chi connectivity index (χ2n) is 5.96. The highest BCUT2D eigenvalue weighted by Gasteiger charge is 2.28. The van der Waals surface area contributed by atoms with Gasteiger partial charge >= 0.3 is 0 Å². The molecule has 1 aromatic rings. The first-order valence-corrected chi connectivity index (χ1v) is 11.3. The van der Waals surface area contributed by atoms with Gasteiger partial charge in [-0.1, -0.05) is 6.08 Å². The van der Waals surface area contributed by atoms with E-state index >= 15 is 0 Å². The van der Waals surface area contributed by atoms with Gasteiger partial charge in [-0.15, -0.1) is 3.71 Å². The van der Waals surface area contributed by atoms with Gasteiger partial charge in [-0.3, -0.25) is 0 Å². The Hall–Kier alpha value is -2.17. The van der Waals surface area contributed by atoms with Gasteiger partial charge in [0.25, 0.3) is 0 Å². The highest BCUT2D eigenvalue weighted by Crippen LogP contribution is 2.30. The van der Waals surface area contributed by atoms with Crippen LogP contribution in [-0.2, 0) is 20.0 Å². The summed E-state index contributed by atoms with van der Waals surface area (Å²) in [7, 11) is -6.19. The van der Waals surface area contributed by atoms with E-state index in [2.05, 4.69) is 4.98 Å². The van der Waals surface area contributed by atoms with Crippen molar-refractivity contribution in [2.24, 2.45) is 5.73 Å². The van der Waals surface area contributed by atoms with E-state index in [4.69, 9.17) is 5.73 Å². The molecule has 0 radical (unpaired) electrons. The summed E-state index contributed by atoms with van der Waals surface area (Å²) in [5.41, 5.74) is 9.30. The molecule has 0 saturated carbocycles. The molecule has 0 spiro atoms. The number of anilines is 1. The lowest BCUT2D eigenvalue weighted by atomic mass is 9.97. The van der Waals surface area contributed by atoms with E-state index in [0.29, 0.717) is 15.8 Å². The number of aromatic nitrogens is 1.